The largest absolute Gasteiger partial charge is 0.447 e. The van der Waals surface area contributed by atoms with E-state index in [4.69, 9.17) is 4.74 Å². The van der Waals surface area contributed by atoms with Gasteiger partial charge < -0.3 is 10.1 Å². The highest BCUT2D eigenvalue weighted by Crippen LogP contribution is 2.20. The van der Waals surface area contributed by atoms with Crippen molar-refractivity contribution in [3.05, 3.63) is 72.3 Å². The van der Waals surface area contributed by atoms with Crippen molar-refractivity contribution in [3.63, 3.8) is 0 Å². The molecule has 0 saturated carbocycles. The molecule has 1 heterocycles. The molecule has 2 N–H and O–H groups in total. The van der Waals surface area contributed by atoms with Gasteiger partial charge in [0.05, 0.1) is 12.3 Å². The van der Waals surface area contributed by atoms with Gasteiger partial charge >= 0.3 is 6.09 Å². The van der Waals surface area contributed by atoms with Crippen molar-refractivity contribution in [1.29, 1.82) is 0 Å². The molecule has 9 heteroatoms. The Kier molecular flexibility index (Phi) is 6.30. The monoisotopic (exact) mass is 415 g/mol. The highest BCUT2D eigenvalue weighted by molar-refractivity contribution is 7.88. The number of benzene rings is 2. The van der Waals surface area contributed by atoms with Gasteiger partial charge in [-0.25, -0.2) is 17.9 Å². The number of hydrogen-bond acceptors (Lipinski definition) is 5. The van der Waals surface area contributed by atoms with Gasteiger partial charge in [0.2, 0.25) is 10.0 Å². The van der Waals surface area contributed by atoms with E-state index < -0.39 is 16.1 Å². The Morgan fingerprint density at radius 2 is 1.83 bits per heavy atom. The minimum absolute atomic E-state index is 0.157. The molecule has 1 fully saturated rings. The van der Waals surface area contributed by atoms with Gasteiger partial charge in [0, 0.05) is 23.5 Å². The summed E-state index contributed by atoms with van der Waals surface area (Å²) < 4.78 is 31.1. The number of carbonyl (C=O) groups excluding carboxylic acids is 2. The fourth-order valence-corrected chi connectivity index (χ4v) is 3.87. The molecule has 29 heavy (non-hydrogen) atoms. The topological polar surface area (TPSA) is 105 Å². The van der Waals surface area contributed by atoms with Crippen molar-refractivity contribution in [1.82, 2.24) is 4.72 Å². The summed E-state index contributed by atoms with van der Waals surface area (Å²) in [5.74, 6) is -0.469. The Hall–Kier alpha value is -3.17. The molecule has 0 atom stereocenters. The molecule has 2 amide bonds. The van der Waals surface area contributed by atoms with Crippen molar-refractivity contribution in [3.8, 4) is 0 Å². The first-order valence-corrected chi connectivity index (χ1v) is 10.6. The fourth-order valence-electron chi connectivity index (χ4n) is 2.76. The third-order valence-electron chi connectivity index (χ3n) is 4.22. The maximum absolute atomic E-state index is 12.4. The van der Waals surface area contributed by atoms with E-state index in [2.05, 4.69) is 16.6 Å². The molecule has 0 aliphatic carbocycles. The molecule has 0 bridgehead atoms. The molecular weight excluding hydrogens is 394 g/mol. The van der Waals surface area contributed by atoms with Gasteiger partial charge in [-0.1, -0.05) is 18.2 Å². The van der Waals surface area contributed by atoms with Crippen LogP contribution in [0.2, 0.25) is 0 Å². The van der Waals surface area contributed by atoms with E-state index in [1.54, 1.807) is 48.5 Å². The number of amides is 2. The van der Waals surface area contributed by atoms with Crippen LogP contribution in [0.15, 0.2) is 61.2 Å². The van der Waals surface area contributed by atoms with Gasteiger partial charge in [-0.05, 0) is 42.0 Å². The zero-order valence-corrected chi connectivity index (χ0v) is 16.4. The van der Waals surface area contributed by atoms with Gasteiger partial charge in [0.1, 0.15) is 6.61 Å². The molecule has 0 spiro atoms. The van der Waals surface area contributed by atoms with E-state index in [-0.39, 0.29) is 18.2 Å². The van der Waals surface area contributed by atoms with Crippen LogP contribution in [0.4, 0.5) is 16.2 Å². The zero-order valence-electron chi connectivity index (χ0n) is 15.6. The van der Waals surface area contributed by atoms with Crippen LogP contribution in [0, 0.1) is 0 Å². The number of cyclic esters (lactones) is 1. The van der Waals surface area contributed by atoms with Gasteiger partial charge in [0.15, 0.2) is 0 Å². The lowest BCUT2D eigenvalue weighted by Gasteiger charge is -2.13. The van der Waals surface area contributed by atoms with Crippen LogP contribution in [0.25, 0.3) is 0 Å². The quantitative estimate of drug-likeness (QED) is 0.645. The lowest BCUT2D eigenvalue weighted by Crippen LogP contribution is -2.25. The van der Waals surface area contributed by atoms with Crippen molar-refractivity contribution in [2.24, 2.45) is 0 Å². The summed E-state index contributed by atoms with van der Waals surface area (Å²) in [7, 11) is -3.44. The first-order valence-electron chi connectivity index (χ1n) is 8.91. The van der Waals surface area contributed by atoms with Crippen LogP contribution in [-0.2, 0) is 20.5 Å². The van der Waals surface area contributed by atoms with Crippen molar-refractivity contribution in [2.45, 2.75) is 5.75 Å². The molecule has 0 unspecified atom stereocenters. The van der Waals surface area contributed by atoms with Crippen LogP contribution < -0.4 is 14.9 Å². The molecule has 2 aromatic rings. The van der Waals surface area contributed by atoms with E-state index in [1.807, 2.05) is 0 Å². The summed E-state index contributed by atoms with van der Waals surface area (Å²) in [6.07, 6.45) is 1.07. The van der Waals surface area contributed by atoms with Gasteiger partial charge in [-0.15, -0.1) is 6.58 Å². The highest BCUT2D eigenvalue weighted by atomic mass is 32.2. The smallest absolute Gasteiger partial charge is 0.414 e. The van der Waals surface area contributed by atoms with Crippen LogP contribution in [0.1, 0.15) is 15.9 Å². The van der Waals surface area contributed by atoms with Gasteiger partial charge in [-0.2, -0.15) is 0 Å². The van der Waals surface area contributed by atoms with E-state index in [1.165, 1.54) is 11.0 Å². The normalized spacial score (nSPS) is 13.8. The standard InChI is InChI=1S/C20H21N3O5S/c1-2-11-21-29(26,27)14-15-3-7-17(8-4-15)22-19(24)16-5-9-18(10-6-16)23-12-13-28-20(23)25/h2-10,21H,1,11-14H2,(H,22,24). The van der Waals surface area contributed by atoms with Gasteiger partial charge in [0.25, 0.3) is 5.91 Å². The number of nitrogens with one attached hydrogen (secondary N) is 2. The third-order valence-corrected chi connectivity index (χ3v) is 5.54. The van der Waals surface area contributed by atoms with Gasteiger partial charge in [-0.3, -0.25) is 9.69 Å². The van der Waals surface area contributed by atoms with Crippen LogP contribution >= 0.6 is 0 Å². The lowest BCUT2D eigenvalue weighted by atomic mass is 10.1. The summed E-state index contributed by atoms with van der Waals surface area (Å²) in [5.41, 5.74) is 2.24. The number of sulfonamides is 1. The number of carbonyl (C=O) groups is 2. The molecule has 2 aromatic carbocycles. The Labute approximate surface area is 169 Å². The SMILES string of the molecule is C=CCNS(=O)(=O)Cc1ccc(NC(=O)c2ccc(N3CCOC3=O)cc2)cc1. The molecular formula is C20H21N3O5S. The minimum atomic E-state index is -3.44. The first kappa shape index (κ1) is 20.6. The summed E-state index contributed by atoms with van der Waals surface area (Å²) >= 11 is 0. The van der Waals surface area contributed by atoms with Crippen LogP contribution in [0.5, 0.6) is 0 Å². The second-order valence-corrected chi connectivity index (χ2v) is 8.17. The first-order chi connectivity index (χ1) is 13.9. The molecule has 0 radical (unpaired) electrons. The number of nitrogens with zero attached hydrogens (tertiary/aromatic N) is 1. The van der Waals surface area contributed by atoms with Crippen LogP contribution in [0.3, 0.4) is 0 Å². The Morgan fingerprint density at radius 3 is 2.41 bits per heavy atom. The Bertz CT molecular complexity index is 1000. The van der Waals surface area contributed by atoms with Crippen LogP contribution in [-0.4, -0.2) is 40.1 Å². The van der Waals surface area contributed by atoms with Crippen molar-refractivity contribution < 1.29 is 22.7 Å². The zero-order chi connectivity index (χ0) is 20.9. The molecule has 1 saturated heterocycles. The number of anilines is 2. The maximum Gasteiger partial charge on any atom is 0.414 e. The predicted molar refractivity (Wildman–Crippen MR) is 110 cm³/mol. The van der Waals surface area contributed by atoms with E-state index in [0.29, 0.717) is 35.7 Å². The molecule has 1 aliphatic rings. The molecule has 152 valence electrons. The van der Waals surface area contributed by atoms with E-state index in [9.17, 15) is 18.0 Å². The summed E-state index contributed by atoms with van der Waals surface area (Å²) in [6, 6.07) is 13.2. The lowest BCUT2D eigenvalue weighted by molar-refractivity contribution is 0.102. The van der Waals surface area contributed by atoms with Crippen molar-refractivity contribution >= 4 is 33.4 Å². The second-order valence-electron chi connectivity index (χ2n) is 6.36. The third kappa shape index (κ3) is 5.43. The summed E-state index contributed by atoms with van der Waals surface area (Å²) in [5, 5.41) is 2.76. The number of rotatable bonds is 8. The number of hydrogen-bond donors (Lipinski definition) is 2. The Morgan fingerprint density at radius 1 is 1.14 bits per heavy atom. The second kappa shape index (κ2) is 8.89. The molecule has 1 aliphatic heterocycles. The average Bonchev–Trinajstić information content (AvgIpc) is 3.14. The summed E-state index contributed by atoms with van der Waals surface area (Å²) in [4.78, 5) is 25.5. The fraction of sp³-hybridized carbons (Fsp3) is 0.200. The number of ether oxygens (including phenoxy) is 1. The average molecular weight is 415 g/mol. The molecule has 8 nitrogen and oxygen atoms in total. The molecule has 3 rings (SSSR count). The summed E-state index contributed by atoms with van der Waals surface area (Å²) in [6.45, 7) is 4.48. The highest BCUT2D eigenvalue weighted by Gasteiger charge is 2.23. The van der Waals surface area contributed by atoms with Crippen molar-refractivity contribution in [2.75, 3.05) is 29.9 Å². The Balaban J connectivity index is 1.60. The predicted octanol–water partition coefficient (Wildman–Crippen LogP) is 2.50. The van der Waals surface area contributed by atoms with E-state index in [0.717, 1.165) is 0 Å². The van der Waals surface area contributed by atoms with E-state index >= 15 is 0 Å². The molecule has 0 aromatic heterocycles. The minimum Gasteiger partial charge on any atom is -0.447 e. The maximum atomic E-state index is 12.4.